The molecule has 1 aromatic carbocycles. The van der Waals surface area contributed by atoms with Gasteiger partial charge in [0.1, 0.15) is 5.04 Å². The third kappa shape index (κ3) is 3.78. The minimum absolute atomic E-state index is 0.0994. The van der Waals surface area contributed by atoms with Crippen LogP contribution in [0.1, 0.15) is 50.3 Å². The van der Waals surface area contributed by atoms with E-state index < -0.39 is 0 Å². The summed E-state index contributed by atoms with van der Waals surface area (Å²) < 4.78 is 2.02. The van der Waals surface area contributed by atoms with Gasteiger partial charge in [0.2, 0.25) is 5.17 Å². The number of rotatable bonds is 4. The van der Waals surface area contributed by atoms with E-state index in [0.29, 0.717) is 11.1 Å². The minimum atomic E-state index is -0.377. The van der Waals surface area contributed by atoms with Crippen molar-refractivity contribution in [2.24, 2.45) is 16.0 Å². The van der Waals surface area contributed by atoms with E-state index in [1.165, 1.54) is 41.6 Å². The highest BCUT2D eigenvalue weighted by Crippen LogP contribution is 2.36. The number of amides is 1. The Morgan fingerprint density at radius 1 is 1.16 bits per heavy atom. The molecule has 3 aliphatic rings. The summed E-state index contributed by atoms with van der Waals surface area (Å²) in [5.41, 5.74) is 3.39. The van der Waals surface area contributed by atoms with Crippen LogP contribution in [0, 0.1) is 11.3 Å². The maximum Gasteiger partial charge on any atom is 0.283 e. The summed E-state index contributed by atoms with van der Waals surface area (Å²) >= 11 is 1.45. The third-order valence-electron chi connectivity index (χ3n) is 6.12. The van der Waals surface area contributed by atoms with E-state index in [-0.39, 0.29) is 17.3 Å². The van der Waals surface area contributed by atoms with Gasteiger partial charge in [-0.05, 0) is 66.9 Å². The van der Waals surface area contributed by atoms with Gasteiger partial charge in [0.25, 0.3) is 5.91 Å². The summed E-state index contributed by atoms with van der Waals surface area (Å²) in [5, 5.41) is 16.4. The lowest BCUT2D eigenvalue weighted by Gasteiger charge is -2.20. The summed E-state index contributed by atoms with van der Waals surface area (Å²) in [6.07, 6.45) is 10.7. The zero-order chi connectivity index (χ0) is 21.4. The van der Waals surface area contributed by atoms with E-state index in [4.69, 9.17) is 5.41 Å². The van der Waals surface area contributed by atoms with Crippen LogP contribution in [0.5, 0.6) is 0 Å². The van der Waals surface area contributed by atoms with Crippen LogP contribution in [0.15, 0.2) is 58.3 Å². The van der Waals surface area contributed by atoms with E-state index in [0.717, 1.165) is 35.7 Å². The highest BCUT2D eigenvalue weighted by molar-refractivity contribution is 8.27. The molecule has 2 aliphatic heterocycles. The van der Waals surface area contributed by atoms with Crippen LogP contribution in [-0.2, 0) is 11.2 Å². The Balaban J connectivity index is 1.44. The fourth-order valence-corrected chi connectivity index (χ4v) is 5.37. The predicted molar refractivity (Wildman–Crippen MR) is 127 cm³/mol. The topological polar surface area (TPSA) is 73.8 Å². The quantitative estimate of drug-likeness (QED) is 0.673. The van der Waals surface area contributed by atoms with Gasteiger partial charge in [-0.1, -0.05) is 38.3 Å². The van der Waals surface area contributed by atoms with Crippen molar-refractivity contribution in [2.45, 2.75) is 45.4 Å². The van der Waals surface area contributed by atoms with Crippen molar-refractivity contribution in [3.63, 3.8) is 0 Å². The van der Waals surface area contributed by atoms with Gasteiger partial charge < -0.3 is 4.57 Å². The van der Waals surface area contributed by atoms with E-state index >= 15 is 0 Å². The Bertz CT molecular complexity index is 1120. The van der Waals surface area contributed by atoms with Gasteiger partial charge in [0.05, 0.1) is 5.57 Å². The number of aryl methyl sites for hydroxylation is 1. The lowest BCUT2D eigenvalue weighted by atomic mass is 9.90. The monoisotopic (exact) mass is 431 g/mol. The van der Waals surface area contributed by atoms with Crippen molar-refractivity contribution in [3.05, 3.63) is 59.4 Å². The number of nitrogens with one attached hydrogen (secondary N) is 1. The maximum atomic E-state index is 12.8. The zero-order valence-corrected chi connectivity index (χ0v) is 18.4. The molecule has 1 saturated carbocycles. The van der Waals surface area contributed by atoms with Crippen LogP contribution in [-0.4, -0.2) is 31.5 Å². The van der Waals surface area contributed by atoms with E-state index in [9.17, 15) is 4.79 Å². The molecule has 0 spiro atoms. The number of hydrogen-bond acceptors (Lipinski definition) is 4. The molecule has 7 heteroatoms. The molecule has 1 fully saturated rings. The standard InChI is InChI=1S/C24H25N5OS/c1-2-16-10-12-18(13-11-16)28-14-6-9-19(28)15-20-21(25)29-24(26-22(20)30)31-23(27-29)17-7-4-3-5-8-17/h6,9-15,17,25H,2-5,7-8H2,1H3/b20-15+,25-21?. The Morgan fingerprint density at radius 2 is 1.94 bits per heavy atom. The van der Waals surface area contributed by atoms with Crippen molar-refractivity contribution in [1.82, 2.24) is 9.58 Å². The van der Waals surface area contributed by atoms with Crippen molar-refractivity contribution in [2.75, 3.05) is 0 Å². The fourth-order valence-electron chi connectivity index (χ4n) is 4.31. The number of carbonyl (C=O) groups excluding carboxylic acids is 1. The fraction of sp³-hybridized carbons (Fsp3) is 0.333. The molecule has 1 aliphatic carbocycles. The first kappa shape index (κ1) is 20.0. The van der Waals surface area contributed by atoms with Gasteiger partial charge in [-0.2, -0.15) is 15.1 Å². The summed E-state index contributed by atoms with van der Waals surface area (Å²) in [4.78, 5) is 17.1. The number of nitrogens with zero attached hydrogens (tertiary/aromatic N) is 4. The van der Waals surface area contributed by atoms with Gasteiger partial charge in [-0.25, -0.2) is 0 Å². The highest BCUT2D eigenvalue weighted by Gasteiger charge is 2.38. The molecule has 31 heavy (non-hydrogen) atoms. The number of fused-ring (bicyclic) bond motifs is 1. The predicted octanol–water partition coefficient (Wildman–Crippen LogP) is 5.24. The number of amidine groups is 2. The van der Waals surface area contributed by atoms with Crippen molar-refractivity contribution in [1.29, 1.82) is 5.41 Å². The number of benzene rings is 1. The van der Waals surface area contributed by atoms with Crippen molar-refractivity contribution < 1.29 is 4.79 Å². The maximum absolute atomic E-state index is 12.8. The molecular weight excluding hydrogens is 406 g/mol. The highest BCUT2D eigenvalue weighted by atomic mass is 32.2. The Morgan fingerprint density at radius 3 is 2.68 bits per heavy atom. The first-order chi connectivity index (χ1) is 15.1. The van der Waals surface area contributed by atoms with Gasteiger partial charge in [-0.3, -0.25) is 10.2 Å². The normalized spacial score (nSPS) is 20.8. The smallest absolute Gasteiger partial charge is 0.283 e. The Kier molecular flexibility index (Phi) is 5.36. The lowest BCUT2D eigenvalue weighted by Crippen LogP contribution is -2.35. The van der Waals surface area contributed by atoms with Crippen LogP contribution >= 0.6 is 11.8 Å². The average molecular weight is 432 g/mol. The second-order valence-corrected chi connectivity index (χ2v) is 9.10. The molecule has 2 aromatic rings. The third-order valence-corrected chi connectivity index (χ3v) is 7.19. The second kappa shape index (κ2) is 8.30. The number of aliphatic imine (C=N–C) groups is 1. The van der Waals surface area contributed by atoms with Crippen LogP contribution in [0.3, 0.4) is 0 Å². The van der Waals surface area contributed by atoms with Crippen molar-refractivity contribution in [3.8, 4) is 5.69 Å². The molecule has 0 radical (unpaired) electrons. The molecule has 158 valence electrons. The molecule has 0 bridgehead atoms. The number of hydrogen-bond donors (Lipinski definition) is 1. The van der Waals surface area contributed by atoms with Crippen LogP contribution in [0.2, 0.25) is 0 Å². The first-order valence-electron chi connectivity index (χ1n) is 10.9. The summed E-state index contributed by atoms with van der Waals surface area (Å²) in [5.74, 6) is 0.144. The SMILES string of the molecule is CCc1ccc(-n2cccc2/C=C2\C(=N)N3N=C(C4CCCCC4)SC3=NC2=O)cc1. The first-order valence-corrected chi connectivity index (χ1v) is 11.7. The molecule has 5 rings (SSSR count). The van der Waals surface area contributed by atoms with Gasteiger partial charge in [-0.15, -0.1) is 0 Å². The zero-order valence-electron chi connectivity index (χ0n) is 17.5. The Hall–Kier alpha value is -2.93. The molecule has 1 aromatic heterocycles. The molecule has 3 heterocycles. The van der Waals surface area contributed by atoms with E-state index in [2.05, 4.69) is 41.3 Å². The van der Waals surface area contributed by atoms with Gasteiger partial charge in [0.15, 0.2) is 5.84 Å². The largest absolute Gasteiger partial charge is 0.317 e. The summed E-state index contributed by atoms with van der Waals surface area (Å²) in [6.45, 7) is 2.13. The molecule has 6 nitrogen and oxygen atoms in total. The van der Waals surface area contributed by atoms with Gasteiger partial charge in [0, 0.05) is 23.5 Å². The number of aromatic nitrogens is 1. The number of hydrazone groups is 1. The number of thioether (sulfide) groups is 1. The van der Waals surface area contributed by atoms with Crippen LogP contribution in [0.4, 0.5) is 0 Å². The molecular formula is C24H25N5OS. The van der Waals surface area contributed by atoms with E-state index in [1.54, 1.807) is 6.08 Å². The molecule has 1 amide bonds. The van der Waals surface area contributed by atoms with Crippen LogP contribution < -0.4 is 0 Å². The minimum Gasteiger partial charge on any atom is -0.317 e. The molecule has 0 saturated heterocycles. The van der Waals surface area contributed by atoms with Crippen LogP contribution in [0.25, 0.3) is 11.8 Å². The number of carbonyl (C=O) groups is 1. The van der Waals surface area contributed by atoms with Gasteiger partial charge >= 0.3 is 0 Å². The molecule has 1 N–H and O–H groups in total. The summed E-state index contributed by atoms with van der Waals surface area (Å²) in [7, 11) is 0. The second-order valence-electron chi connectivity index (χ2n) is 8.12. The summed E-state index contributed by atoms with van der Waals surface area (Å²) in [6, 6.07) is 12.2. The van der Waals surface area contributed by atoms with E-state index in [1.807, 2.05) is 22.9 Å². The lowest BCUT2D eigenvalue weighted by molar-refractivity contribution is -0.114. The Labute approximate surface area is 186 Å². The molecule has 0 atom stereocenters. The molecule has 0 unspecified atom stereocenters. The van der Waals surface area contributed by atoms with Crippen molar-refractivity contribution >= 4 is 39.8 Å². The average Bonchev–Trinajstić information content (AvgIpc) is 3.44.